The van der Waals surface area contributed by atoms with Gasteiger partial charge in [-0.1, -0.05) is 44.2 Å². The minimum atomic E-state index is -0.381. The summed E-state index contributed by atoms with van der Waals surface area (Å²) in [6.45, 7) is 8.35. The maximum atomic E-state index is 9.91. The van der Waals surface area contributed by atoms with Gasteiger partial charge in [0.2, 0.25) is 0 Å². The molecular formula is C18H31Cl2N3. The predicted octanol–water partition coefficient (Wildman–Crippen LogP) is 3.98. The highest BCUT2D eigenvalue weighted by molar-refractivity contribution is 5.85. The van der Waals surface area contributed by atoms with Crippen LogP contribution in [-0.2, 0) is 5.41 Å². The zero-order valence-electron chi connectivity index (χ0n) is 14.8. The Hall–Kier alpha value is -0.790. The third-order valence-electron chi connectivity index (χ3n) is 4.28. The lowest BCUT2D eigenvalue weighted by Gasteiger charge is -2.31. The van der Waals surface area contributed by atoms with Crippen LogP contribution >= 0.6 is 24.8 Å². The Kier molecular flexibility index (Phi) is 13.4. The minimum Gasteiger partial charge on any atom is -0.309 e. The maximum absolute atomic E-state index is 9.91. The second-order valence-electron chi connectivity index (χ2n) is 5.89. The SMILES string of the molecule is CCN(CC)CCC(C#N)(CCN(C)C)c1ccccc1.Cl.Cl. The van der Waals surface area contributed by atoms with E-state index in [1.165, 1.54) is 0 Å². The Morgan fingerprint density at radius 3 is 1.91 bits per heavy atom. The fourth-order valence-corrected chi connectivity index (χ4v) is 2.65. The Morgan fingerprint density at radius 1 is 0.957 bits per heavy atom. The largest absolute Gasteiger partial charge is 0.309 e. The molecule has 0 spiro atoms. The minimum absolute atomic E-state index is 0. The van der Waals surface area contributed by atoms with E-state index in [0.29, 0.717) is 0 Å². The van der Waals surface area contributed by atoms with Crippen molar-refractivity contribution in [2.75, 3.05) is 40.3 Å². The lowest BCUT2D eigenvalue weighted by atomic mass is 9.76. The summed E-state index contributed by atoms with van der Waals surface area (Å²) in [5.74, 6) is 0. The zero-order chi connectivity index (χ0) is 15.7. The van der Waals surface area contributed by atoms with Crippen LogP contribution in [0.4, 0.5) is 0 Å². The van der Waals surface area contributed by atoms with Gasteiger partial charge in [0, 0.05) is 0 Å². The summed E-state index contributed by atoms with van der Waals surface area (Å²) in [6, 6.07) is 12.9. The smallest absolute Gasteiger partial charge is 0.0846 e. The van der Waals surface area contributed by atoms with Gasteiger partial charge in [-0.2, -0.15) is 5.26 Å². The summed E-state index contributed by atoms with van der Waals surface area (Å²) in [4.78, 5) is 4.55. The number of halogens is 2. The molecule has 1 rings (SSSR count). The number of hydrogen-bond donors (Lipinski definition) is 0. The Morgan fingerprint density at radius 2 is 1.48 bits per heavy atom. The van der Waals surface area contributed by atoms with Gasteiger partial charge in [-0.25, -0.2) is 0 Å². The highest BCUT2D eigenvalue weighted by Crippen LogP contribution is 2.31. The number of rotatable bonds is 9. The summed E-state index contributed by atoms with van der Waals surface area (Å²) < 4.78 is 0. The van der Waals surface area contributed by atoms with Gasteiger partial charge in [-0.3, -0.25) is 0 Å². The van der Waals surface area contributed by atoms with Crippen molar-refractivity contribution in [3.63, 3.8) is 0 Å². The molecule has 1 aromatic carbocycles. The molecule has 3 nitrogen and oxygen atoms in total. The molecule has 0 aliphatic heterocycles. The molecule has 1 unspecified atom stereocenters. The van der Waals surface area contributed by atoms with Crippen LogP contribution in [0, 0.1) is 11.3 Å². The molecule has 0 amide bonds. The quantitative estimate of drug-likeness (QED) is 0.667. The highest BCUT2D eigenvalue weighted by atomic mass is 35.5. The first kappa shape index (κ1) is 24.5. The van der Waals surface area contributed by atoms with Gasteiger partial charge < -0.3 is 9.80 Å². The van der Waals surface area contributed by atoms with E-state index in [1.54, 1.807) is 0 Å². The van der Waals surface area contributed by atoms with E-state index < -0.39 is 0 Å². The first-order valence-corrected chi connectivity index (χ1v) is 7.91. The van der Waals surface area contributed by atoms with Crippen LogP contribution in [0.25, 0.3) is 0 Å². The summed E-state index contributed by atoms with van der Waals surface area (Å²) in [5, 5.41) is 9.91. The molecule has 0 aliphatic carbocycles. The van der Waals surface area contributed by atoms with Crippen LogP contribution in [0.3, 0.4) is 0 Å². The summed E-state index contributed by atoms with van der Waals surface area (Å²) >= 11 is 0. The topological polar surface area (TPSA) is 30.3 Å². The van der Waals surface area contributed by atoms with Crippen LogP contribution in [-0.4, -0.2) is 50.1 Å². The molecule has 0 bridgehead atoms. The van der Waals surface area contributed by atoms with Crippen molar-refractivity contribution in [3.8, 4) is 6.07 Å². The van der Waals surface area contributed by atoms with E-state index in [2.05, 4.69) is 55.9 Å². The van der Waals surface area contributed by atoms with Crippen LogP contribution in [0.1, 0.15) is 32.3 Å². The van der Waals surface area contributed by atoms with Crippen molar-refractivity contribution >= 4 is 24.8 Å². The predicted molar refractivity (Wildman–Crippen MR) is 104 cm³/mol. The van der Waals surface area contributed by atoms with Crippen molar-refractivity contribution in [3.05, 3.63) is 35.9 Å². The lowest BCUT2D eigenvalue weighted by Crippen LogP contribution is -2.35. The van der Waals surface area contributed by atoms with Crippen LogP contribution in [0.15, 0.2) is 30.3 Å². The maximum Gasteiger partial charge on any atom is 0.0846 e. The van der Waals surface area contributed by atoms with Crippen molar-refractivity contribution in [1.82, 2.24) is 9.80 Å². The van der Waals surface area contributed by atoms with Crippen molar-refractivity contribution in [2.24, 2.45) is 0 Å². The highest BCUT2D eigenvalue weighted by Gasteiger charge is 2.32. The molecule has 5 heteroatoms. The van der Waals surface area contributed by atoms with E-state index >= 15 is 0 Å². The summed E-state index contributed by atoms with van der Waals surface area (Å²) in [7, 11) is 4.13. The molecule has 0 radical (unpaired) electrons. The number of nitriles is 1. The molecule has 1 atom stereocenters. The second-order valence-corrected chi connectivity index (χ2v) is 5.89. The summed E-state index contributed by atoms with van der Waals surface area (Å²) in [6.07, 6.45) is 1.77. The number of nitrogens with zero attached hydrogens (tertiary/aromatic N) is 3. The fraction of sp³-hybridized carbons (Fsp3) is 0.611. The van der Waals surface area contributed by atoms with Gasteiger partial charge >= 0.3 is 0 Å². The monoisotopic (exact) mass is 359 g/mol. The van der Waals surface area contributed by atoms with Gasteiger partial charge in [-0.05, 0) is 58.7 Å². The average molecular weight is 360 g/mol. The third-order valence-corrected chi connectivity index (χ3v) is 4.28. The molecule has 0 saturated heterocycles. The number of hydrogen-bond acceptors (Lipinski definition) is 3. The normalized spacial score (nSPS) is 12.9. The summed E-state index contributed by atoms with van der Waals surface area (Å²) in [5.41, 5.74) is 0.773. The van der Waals surface area contributed by atoms with Gasteiger partial charge in [-0.15, -0.1) is 24.8 Å². The molecule has 132 valence electrons. The molecule has 1 aromatic rings. The van der Waals surface area contributed by atoms with Crippen molar-refractivity contribution in [2.45, 2.75) is 32.1 Å². The molecule has 0 aromatic heterocycles. The van der Waals surface area contributed by atoms with Gasteiger partial charge in [0.25, 0.3) is 0 Å². The van der Waals surface area contributed by atoms with Crippen molar-refractivity contribution < 1.29 is 0 Å². The molecule has 0 N–H and O–H groups in total. The average Bonchev–Trinajstić information content (AvgIpc) is 2.52. The Balaban J connectivity index is 0. The fourth-order valence-electron chi connectivity index (χ4n) is 2.65. The number of benzene rings is 1. The van der Waals surface area contributed by atoms with E-state index in [1.807, 2.05) is 18.2 Å². The van der Waals surface area contributed by atoms with Crippen LogP contribution in [0.2, 0.25) is 0 Å². The Labute approximate surface area is 154 Å². The van der Waals surface area contributed by atoms with Gasteiger partial charge in [0.15, 0.2) is 0 Å². The van der Waals surface area contributed by atoms with Gasteiger partial charge in [0.1, 0.15) is 0 Å². The standard InChI is InChI=1S/C18H29N3.2ClH/c1-5-21(6-2)15-13-18(16-19,12-14-20(3)4)17-10-8-7-9-11-17;;/h7-11H,5-6,12-15H2,1-4H3;2*1H. The molecule has 0 fully saturated rings. The molecule has 0 heterocycles. The van der Waals surface area contributed by atoms with E-state index in [4.69, 9.17) is 0 Å². The Bertz CT molecular complexity index is 441. The van der Waals surface area contributed by atoms with Crippen LogP contribution < -0.4 is 0 Å². The molecule has 0 aliphatic rings. The second kappa shape index (κ2) is 12.6. The van der Waals surface area contributed by atoms with Crippen LogP contribution in [0.5, 0.6) is 0 Å². The lowest BCUT2D eigenvalue weighted by molar-refractivity contribution is 0.261. The molecular weight excluding hydrogens is 329 g/mol. The first-order valence-electron chi connectivity index (χ1n) is 7.91. The molecule has 0 saturated carbocycles. The van der Waals surface area contributed by atoms with Crippen molar-refractivity contribution in [1.29, 1.82) is 5.26 Å². The third kappa shape index (κ3) is 7.54. The first-order chi connectivity index (χ1) is 10.1. The zero-order valence-corrected chi connectivity index (χ0v) is 16.4. The van der Waals surface area contributed by atoms with E-state index in [-0.39, 0.29) is 30.2 Å². The van der Waals surface area contributed by atoms with Gasteiger partial charge in [0.05, 0.1) is 11.5 Å². The van der Waals surface area contributed by atoms with E-state index in [9.17, 15) is 5.26 Å². The molecule has 23 heavy (non-hydrogen) atoms. The van der Waals surface area contributed by atoms with E-state index in [0.717, 1.165) is 44.6 Å².